The standard InChI is InChI=1S/C22H26N4O3/c1-14-10-21(2,3)13-22(11-14)19(28)26(20(29)25-22)12-18(27)24-17-8-4-7-16-15(17)6-5-9-23-16/h4-9,14H,10-13H2,1-3H3,(H,24,27)(H,25,29). The quantitative estimate of drug-likeness (QED) is 0.782. The number of aromatic nitrogens is 1. The van der Waals surface area contributed by atoms with E-state index in [1.54, 1.807) is 24.4 Å². The van der Waals surface area contributed by atoms with Crippen LogP contribution in [-0.4, -0.2) is 39.8 Å². The number of urea groups is 1. The fraction of sp³-hybridized carbons (Fsp3) is 0.455. The number of pyridine rings is 1. The Balaban J connectivity index is 1.51. The van der Waals surface area contributed by atoms with Crippen LogP contribution in [0.4, 0.5) is 10.5 Å². The van der Waals surface area contributed by atoms with Crippen molar-refractivity contribution >= 4 is 34.4 Å². The summed E-state index contributed by atoms with van der Waals surface area (Å²) in [7, 11) is 0. The number of amides is 4. The molecule has 2 fully saturated rings. The van der Waals surface area contributed by atoms with E-state index >= 15 is 0 Å². The van der Waals surface area contributed by atoms with Gasteiger partial charge in [0, 0.05) is 11.6 Å². The second-order valence-electron chi connectivity index (χ2n) is 9.18. The minimum atomic E-state index is -0.901. The molecule has 2 unspecified atom stereocenters. The van der Waals surface area contributed by atoms with Gasteiger partial charge in [-0.3, -0.25) is 19.5 Å². The number of rotatable bonds is 3. The third kappa shape index (κ3) is 3.57. The van der Waals surface area contributed by atoms with Crippen LogP contribution in [0.1, 0.15) is 40.0 Å². The van der Waals surface area contributed by atoms with Crippen LogP contribution < -0.4 is 10.6 Å². The summed E-state index contributed by atoms with van der Waals surface area (Å²) in [5, 5.41) is 6.52. The highest BCUT2D eigenvalue weighted by Gasteiger charge is 2.56. The molecule has 29 heavy (non-hydrogen) atoms. The van der Waals surface area contributed by atoms with Crippen molar-refractivity contribution in [3.05, 3.63) is 36.5 Å². The maximum Gasteiger partial charge on any atom is 0.325 e. The maximum atomic E-state index is 13.2. The summed E-state index contributed by atoms with van der Waals surface area (Å²) in [6, 6.07) is 8.62. The average Bonchev–Trinajstić information content (AvgIpc) is 2.83. The van der Waals surface area contributed by atoms with Gasteiger partial charge in [0.1, 0.15) is 12.1 Å². The normalized spacial score (nSPS) is 26.0. The first-order valence-electron chi connectivity index (χ1n) is 9.97. The summed E-state index contributed by atoms with van der Waals surface area (Å²) in [6.45, 7) is 6.03. The Morgan fingerprint density at radius 1 is 1.24 bits per heavy atom. The third-order valence-electron chi connectivity index (χ3n) is 5.85. The zero-order chi connectivity index (χ0) is 20.8. The zero-order valence-corrected chi connectivity index (χ0v) is 17.0. The van der Waals surface area contributed by atoms with Crippen molar-refractivity contribution in [2.24, 2.45) is 11.3 Å². The van der Waals surface area contributed by atoms with Crippen molar-refractivity contribution in [2.75, 3.05) is 11.9 Å². The fourth-order valence-electron chi connectivity index (χ4n) is 5.20. The predicted molar refractivity (Wildman–Crippen MR) is 110 cm³/mol. The molecule has 2 N–H and O–H groups in total. The Hall–Kier alpha value is -2.96. The number of nitrogens with one attached hydrogen (secondary N) is 2. The Labute approximate surface area is 169 Å². The van der Waals surface area contributed by atoms with Gasteiger partial charge in [0.2, 0.25) is 5.91 Å². The first-order valence-corrected chi connectivity index (χ1v) is 9.97. The van der Waals surface area contributed by atoms with E-state index in [-0.39, 0.29) is 17.9 Å². The summed E-state index contributed by atoms with van der Waals surface area (Å²) >= 11 is 0. The summed E-state index contributed by atoms with van der Waals surface area (Å²) < 4.78 is 0. The molecule has 7 nitrogen and oxygen atoms in total. The molecule has 1 aromatic heterocycles. The number of benzene rings is 1. The lowest BCUT2D eigenvalue weighted by atomic mass is 9.64. The monoisotopic (exact) mass is 394 g/mol. The van der Waals surface area contributed by atoms with Gasteiger partial charge in [0.15, 0.2) is 0 Å². The van der Waals surface area contributed by atoms with Gasteiger partial charge in [-0.05, 0) is 54.9 Å². The van der Waals surface area contributed by atoms with Crippen LogP contribution in [0.2, 0.25) is 0 Å². The van der Waals surface area contributed by atoms with Crippen LogP contribution in [-0.2, 0) is 9.59 Å². The van der Waals surface area contributed by atoms with Gasteiger partial charge >= 0.3 is 6.03 Å². The predicted octanol–water partition coefficient (Wildman–Crippen LogP) is 3.31. The molecule has 2 heterocycles. The van der Waals surface area contributed by atoms with Crippen LogP contribution in [0.15, 0.2) is 36.5 Å². The lowest BCUT2D eigenvalue weighted by Gasteiger charge is -2.43. The average molecular weight is 394 g/mol. The van der Waals surface area contributed by atoms with Crippen molar-refractivity contribution in [3.63, 3.8) is 0 Å². The minimum Gasteiger partial charge on any atom is -0.324 e. The molecule has 0 bridgehead atoms. The third-order valence-corrected chi connectivity index (χ3v) is 5.85. The number of imide groups is 1. The van der Waals surface area contributed by atoms with E-state index in [0.29, 0.717) is 24.4 Å². The molecule has 2 aromatic rings. The SMILES string of the molecule is CC1CC(C)(C)CC2(C1)NC(=O)N(CC(=O)Nc1cccc3ncccc13)C2=O. The summed E-state index contributed by atoms with van der Waals surface area (Å²) in [4.78, 5) is 43.7. The first kappa shape index (κ1) is 19.4. The van der Waals surface area contributed by atoms with E-state index in [0.717, 1.165) is 22.2 Å². The summed E-state index contributed by atoms with van der Waals surface area (Å²) in [5.41, 5.74) is 0.420. The fourth-order valence-corrected chi connectivity index (χ4v) is 5.20. The van der Waals surface area contributed by atoms with Gasteiger partial charge in [-0.25, -0.2) is 4.79 Å². The number of nitrogens with zero attached hydrogens (tertiary/aromatic N) is 2. The Morgan fingerprint density at radius 3 is 2.79 bits per heavy atom. The molecule has 4 amide bonds. The van der Waals surface area contributed by atoms with E-state index < -0.39 is 17.5 Å². The van der Waals surface area contributed by atoms with E-state index in [9.17, 15) is 14.4 Å². The number of carbonyl (C=O) groups excluding carboxylic acids is 3. The van der Waals surface area contributed by atoms with Gasteiger partial charge in [-0.1, -0.05) is 26.8 Å². The second kappa shape index (κ2) is 6.83. The van der Waals surface area contributed by atoms with Crippen LogP contribution in [0.3, 0.4) is 0 Å². The molecule has 1 saturated heterocycles. The minimum absolute atomic E-state index is 0.0468. The molecule has 1 aliphatic heterocycles. The molecule has 4 rings (SSSR count). The van der Waals surface area contributed by atoms with Crippen LogP contribution in [0.5, 0.6) is 0 Å². The smallest absolute Gasteiger partial charge is 0.324 e. The molecule has 1 saturated carbocycles. The second-order valence-corrected chi connectivity index (χ2v) is 9.18. The number of hydrogen-bond acceptors (Lipinski definition) is 4. The molecule has 1 aliphatic carbocycles. The molecule has 1 aromatic carbocycles. The van der Waals surface area contributed by atoms with Gasteiger partial charge in [0.25, 0.3) is 5.91 Å². The lowest BCUT2D eigenvalue weighted by molar-refractivity contribution is -0.136. The molecular weight excluding hydrogens is 368 g/mol. The maximum absolute atomic E-state index is 13.2. The molecule has 1 spiro atoms. The van der Waals surface area contributed by atoms with Crippen molar-refractivity contribution in [1.82, 2.24) is 15.2 Å². The largest absolute Gasteiger partial charge is 0.325 e. The van der Waals surface area contributed by atoms with E-state index in [1.807, 2.05) is 12.1 Å². The zero-order valence-electron chi connectivity index (χ0n) is 17.0. The topological polar surface area (TPSA) is 91.4 Å². The van der Waals surface area contributed by atoms with Crippen molar-refractivity contribution in [3.8, 4) is 0 Å². The Kier molecular flexibility index (Phi) is 4.56. The number of anilines is 1. The molecule has 2 aliphatic rings. The molecule has 7 heteroatoms. The first-order chi connectivity index (χ1) is 13.7. The van der Waals surface area contributed by atoms with E-state index in [4.69, 9.17) is 0 Å². The number of fused-ring (bicyclic) bond motifs is 1. The van der Waals surface area contributed by atoms with Crippen LogP contribution in [0, 0.1) is 11.3 Å². The highest BCUT2D eigenvalue weighted by Crippen LogP contribution is 2.46. The van der Waals surface area contributed by atoms with Crippen LogP contribution >= 0.6 is 0 Å². The van der Waals surface area contributed by atoms with Gasteiger partial charge < -0.3 is 10.6 Å². The molecular formula is C22H26N4O3. The molecule has 2 atom stereocenters. The van der Waals surface area contributed by atoms with E-state index in [2.05, 4.69) is 36.4 Å². The number of hydrogen-bond donors (Lipinski definition) is 2. The molecule has 0 radical (unpaired) electrons. The summed E-state index contributed by atoms with van der Waals surface area (Å²) in [6.07, 6.45) is 3.89. The van der Waals surface area contributed by atoms with Gasteiger partial charge in [0.05, 0.1) is 11.2 Å². The van der Waals surface area contributed by atoms with Crippen molar-refractivity contribution in [1.29, 1.82) is 0 Å². The van der Waals surface area contributed by atoms with Crippen molar-refractivity contribution < 1.29 is 14.4 Å². The van der Waals surface area contributed by atoms with E-state index in [1.165, 1.54) is 0 Å². The van der Waals surface area contributed by atoms with Gasteiger partial charge in [-0.15, -0.1) is 0 Å². The summed E-state index contributed by atoms with van der Waals surface area (Å²) in [5.74, 6) is -0.387. The van der Waals surface area contributed by atoms with Crippen molar-refractivity contribution in [2.45, 2.75) is 45.6 Å². The number of carbonyl (C=O) groups is 3. The van der Waals surface area contributed by atoms with Gasteiger partial charge in [-0.2, -0.15) is 0 Å². The van der Waals surface area contributed by atoms with Crippen LogP contribution in [0.25, 0.3) is 10.9 Å². The Bertz CT molecular complexity index is 997. The molecule has 152 valence electrons. The highest BCUT2D eigenvalue weighted by atomic mass is 16.2. The highest BCUT2D eigenvalue weighted by molar-refractivity contribution is 6.11. The Morgan fingerprint density at radius 2 is 2.03 bits per heavy atom. The lowest BCUT2D eigenvalue weighted by Crippen LogP contribution is -2.54.